The molecule has 0 aliphatic heterocycles. The molecule has 2 rings (SSSR count). The van der Waals surface area contributed by atoms with Crippen LogP contribution in [-0.2, 0) is 19.1 Å². The molecule has 0 bridgehead atoms. The number of rotatable bonds is 5. The molecule has 5 heteroatoms. The summed E-state index contributed by atoms with van der Waals surface area (Å²) >= 11 is 0. The molecule has 2 aliphatic carbocycles. The number of hydrogen-bond donors (Lipinski definition) is 0. The molecule has 2 fully saturated rings. The van der Waals surface area contributed by atoms with E-state index in [1.54, 1.807) is 0 Å². The summed E-state index contributed by atoms with van der Waals surface area (Å²) in [6.07, 6.45) is 6.17. The quantitative estimate of drug-likeness (QED) is 0.719. The second-order valence-corrected chi connectivity index (χ2v) is 7.59. The maximum Gasteiger partial charge on any atom is 0.264 e. The van der Waals surface area contributed by atoms with E-state index in [0.717, 1.165) is 44.3 Å². The molecule has 2 saturated carbocycles. The van der Waals surface area contributed by atoms with Crippen molar-refractivity contribution >= 4 is 15.9 Å². The topological polar surface area (TPSA) is 60.4 Å². The van der Waals surface area contributed by atoms with E-state index in [-0.39, 0.29) is 24.4 Å². The Morgan fingerprint density at radius 3 is 2.39 bits per heavy atom. The SMILES string of the molecule is CS(=O)(=O)OCC1CC1C(=O)[C@H]1CC[C@H](C)CC1. The van der Waals surface area contributed by atoms with E-state index >= 15 is 0 Å². The standard InChI is InChI=1S/C13H22O4S/c1-9-3-5-10(6-4-9)13(14)12-7-11(12)8-17-18(2,15)16/h9-12H,3-8H2,1-2H3/t9-,10-,11?,12?. The lowest BCUT2D eigenvalue weighted by molar-refractivity contribution is -0.125. The third-order valence-corrected chi connectivity index (χ3v) is 4.77. The van der Waals surface area contributed by atoms with E-state index in [9.17, 15) is 13.2 Å². The minimum absolute atomic E-state index is 0.0603. The maximum absolute atomic E-state index is 12.2. The van der Waals surface area contributed by atoms with Crippen molar-refractivity contribution in [2.45, 2.75) is 39.0 Å². The van der Waals surface area contributed by atoms with E-state index < -0.39 is 10.1 Å². The van der Waals surface area contributed by atoms with Gasteiger partial charge < -0.3 is 0 Å². The van der Waals surface area contributed by atoms with Crippen molar-refractivity contribution in [1.29, 1.82) is 0 Å². The van der Waals surface area contributed by atoms with E-state index in [2.05, 4.69) is 6.92 Å². The molecular weight excluding hydrogens is 252 g/mol. The highest BCUT2D eigenvalue weighted by Crippen LogP contribution is 2.44. The van der Waals surface area contributed by atoms with Gasteiger partial charge in [-0.15, -0.1) is 0 Å². The highest BCUT2D eigenvalue weighted by atomic mass is 32.2. The molecular formula is C13H22O4S. The van der Waals surface area contributed by atoms with Gasteiger partial charge in [-0.1, -0.05) is 19.8 Å². The zero-order chi connectivity index (χ0) is 13.3. The molecule has 18 heavy (non-hydrogen) atoms. The van der Waals surface area contributed by atoms with E-state index in [1.807, 2.05) is 0 Å². The fourth-order valence-electron chi connectivity index (χ4n) is 2.84. The highest BCUT2D eigenvalue weighted by molar-refractivity contribution is 7.85. The van der Waals surface area contributed by atoms with Crippen molar-refractivity contribution in [2.24, 2.45) is 23.7 Å². The smallest absolute Gasteiger partial charge is 0.264 e. The van der Waals surface area contributed by atoms with Crippen LogP contribution in [0.4, 0.5) is 0 Å². The molecule has 0 N–H and O–H groups in total. The molecule has 0 radical (unpaired) electrons. The van der Waals surface area contributed by atoms with Gasteiger partial charge in [0, 0.05) is 11.8 Å². The van der Waals surface area contributed by atoms with Crippen molar-refractivity contribution in [3.05, 3.63) is 0 Å². The largest absolute Gasteiger partial charge is 0.299 e. The van der Waals surface area contributed by atoms with E-state index in [1.165, 1.54) is 0 Å². The number of carbonyl (C=O) groups is 1. The van der Waals surface area contributed by atoms with Gasteiger partial charge in [-0.2, -0.15) is 8.42 Å². The van der Waals surface area contributed by atoms with Crippen molar-refractivity contribution in [1.82, 2.24) is 0 Å². The normalized spacial score (nSPS) is 36.3. The molecule has 2 atom stereocenters. The van der Waals surface area contributed by atoms with Crippen LogP contribution in [0.15, 0.2) is 0 Å². The summed E-state index contributed by atoms with van der Waals surface area (Å²) in [4.78, 5) is 12.2. The Hall–Kier alpha value is -0.420. The van der Waals surface area contributed by atoms with Crippen LogP contribution < -0.4 is 0 Å². The third kappa shape index (κ3) is 3.79. The van der Waals surface area contributed by atoms with Gasteiger partial charge in [0.05, 0.1) is 12.9 Å². The summed E-state index contributed by atoms with van der Waals surface area (Å²) in [7, 11) is -3.37. The van der Waals surface area contributed by atoms with Crippen LogP contribution >= 0.6 is 0 Å². The second-order valence-electron chi connectivity index (χ2n) is 5.95. The van der Waals surface area contributed by atoms with Crippen LogP contribution in [0.5, 0.6) is 0 Å². The van der Waals surface area contributed by atoms with Crippen LogP contribution in [0, 0.1) is 23.7 Å². The van der Waals surface area contributed by atoms with Gasteiger partial charge in [-0.3, -0.25) is 8.98 Å². The van der Waals surface area contributed by atoms with Crippen LogP contribution in [0.2, 0.25) is 0 Å². The van der Waals surface area contributed by atoms with Gasteiger partial charge in [0.15, 0.2) is 0 Å². The number of Topliss-reactive ketones (excluding diaryl/α,β-unsaturated/α-hetero) is 1. The minimum Gasteiger partial charge on any atom is -0.299 e. The van der Waals surface area contributed by atoms with Crippen molar-refractivity contribution in [2.75, 3.05) is 12.9 Å². The third-order valence-electron chi connectivity index (χ3n) is 4.20. The summed E-state index contributed by atoms with van der Waals surface area (Å²) in [6, 6.07) is 0. The Kier molecular flexibility index (Phi) is 4.11. The number of carbonyl (C=O) groups excluding carboxylic acids is 1. The zero-order valence-electron chi connectivity index (χ0n) is 11.1. The first kappa shape index (κ1) is 14.0. The summed E-state index contributed by atoms with van der Waals surface area (Å²) in [5.74, 6) is 1.51. The lowest BCUT2D eigenvalue weighted by atomic mass is 9.79. The van der Waals surface area contributed by atoms with Gasteiger partial charge in [0.25, 0.3) is 10.1 Å². The van der Waals surface area contributed by atoms with Gasteiger partial charge in [-0.25, -0.2) is 0 Å². The molecule has 0 amide bonds. The molecule has 0 aromatic heterocycles. The molecule has 2 aliphatic rings. The van der Waals surface area contributed by atoms with Crippen LogP contribution in [-0.4, -0.2) is 27.1 Å². The monoisotopic (exact) mass is 274 g/mol. The fourth-order valence-corrected chi connectivity index (χ4v) is 3.26. The number of hydrogen-bond acceptors (Lipinski definition) is 4. The molecule has 104 valence electrons. The molecule has 0 heterocycles. The summed E-state index contributed by atoms with van der Waals surface area (Å²) < 4.78 is 26.5. The Balaban J connectivity index is 1.75. The molecule has 0 aromatic carbocycles. The maximum atomic E-state index is 12.2. The van der Waals surface area contributed by atoms with E-state index in [0.29, 0.717) is 5.78 Å². The first-order valence-electron chi connectivity index (χ1n) is 6.75. The van der Waals surface area contributed by atoms with Gasteiger partial charge >= 0.3 is 0 Å². The van der Waals surface area contributed by atoms with Crippen LogP contribution in [0.3, 0.4) is 0 Å². The first-order chi connectivity index (χ1) is 8.37. The minimum atomic E-state index is -3.37. The zero-order valence-corrected chi connectivity index (χ0v) is 11.9. The lowest BCUT2D eigenvalue weighted by Crippen LogP contribution is -2.23. The summed E-state index contributed by atoms with van der Waals surface area (Å²) in [6.45, 7) is 2.42. The summed E-state index contributed by atoms with van der Waals surface area (Å²) in [5.41, 5.74) is 0. The Labute approximate surface area is 109 Å². The predicted octanol–water partition coefficient (Wildman–Crippen LogP) is 1.99. The van der Waals surface area contributed by atoms with Gasteiger partial charge in [0.1, 0.15) is 5.78 Å². The average Bonchev–Trinajstić information content (AvgIpc) is 3.05. The fraction of sp³-hybridized carbons (Fsp3) is 0.923. The Morgan fingerprint density at radius 2 is 1.83 bits per heavy atom. The second kappa shape index (κ2) is 5.29. The van der Waals surface area contributed by atoms with Crippen molar-refractivity contribution < 1.29 is 17.4 Å². The number of ketones is 1. The Bertz CT molecular complexity index is 407. The molecule has 2 unspecified atom stereocenters. The van der Waals surface area contributed by atoms with E-state index in [4.69, 9.17) is 4.18 Å². The average molecular weight is 274 g/mol. The van der Waals surface area contributed by atoms with Crippen LogP contribution in [0.1, 0.15) is 39.0 Å². The molecule has 0 saturated heterocycles. The first-order valence-corrected chi connectivity index (χ1v) is 8.56. The lowest BCUT2D eigenvalue weighted by Gasteiger charge is -2.25. The van der Waals surface area contributed by atoms with Crippen molar-refractivity contribution in [3.8, 4) is 0 Å². The van der Waals surface area contributed by atoms with Crippen molar-refractivity contribution in [3.63, 3.8) is 0 Å². The van der Waals surface area contributed by atoms with Gasteiger partial charge in [-0.05, 0) is 31.1 Å². The molecule has 0 spiro atoms. The molecule has 0 aromatic rings. The molecule has 4 nitrogen and oxygen atoms in total. The van der Waals surface area contributed by atoms with Crippen LogP contribution in [0.25, 0.3) is 0 Å². The van der Waals surface area contributed by atoms with Gasteiger partial charge in [0.2, 0.25) is 0 Å². The highest BCUT2D eigenvalue weighted by Gasteiger charge is 2.45. The summed E-state index contributed by atoms with van der Waals surface area (Å²) in [5, 5.41) is 0. The Morgan fingerprint density at radius 1 is 1.22 bits per heavy atom. The predicted molar refractivity (Wildman–Crippen MR) is 68.5 cm³/mol.